The Hall–Kier alpha value is -0.800. The van der Waals surface area contributed by atoms with Crippen molar-refractivity contribution in [3.8, 4) is 0 Å². The molecule has 1 unspecified atom stereocenters. The Bertz CT molecular complexity index is 244. The molecule has 0 aliphatic carbocycles. The molecule has 0 saturated heterocycles. The zero-order valence-corrected chi connectivity index (χ0v) is 7.60. The molecule has 90 valence electrons. The van der Waals surface area contributed by atoms with Crippen molar-refractivity contribution in [1.82, 2.24) is 5.32 Å². The van der Waals surface area contributed by atoms with Gasteiger partial charge >= 0.3 is 18.3 Å². The maximum Gasteiger partial charge on any atom is 0.374 e. The molecule has 1 atom stereocenters. The molecule has 0 aromatic heterocycles. The molecule has 0 fully saturated rings. The molecule has 3 N–H and O–H groups in total. The van der Waals surface area contributed by atoms with E-state index < -0.39 is 29.7 Å². The lowest BCUT2D eigenvalue weighted by Crippen LogP contribution is -2.58. The monoisotopic (exact) mass is 258 g/mol. The first-order valence-electron chi connectivity index (χ1n) is 3.27. The zero-order valence-electron chi connectivity index (χ0n) is 6.79. The van der Waals surface area contributed by atoms with Gasteiger partial charge in [-0.1, -0.05) is 0 Å². The lowest BCUT2D eigenvalue weighted by Gasteiger charge is -2.28. The summed E-state index contributed by atoms with van der Waals surface area (Å²) in [7, 11) is 0. The summed E-state index contributed by atoms with van der Waals surface area (Å²) in [4.78, 5) is 0. The number of alkyl halides is 7. The second kappa shape index (κ2) is 4.37. The van der Waals surface area contributed by atoms with Crippen molar-refractivity contribution >= 4 is 17.3 Å². The summed E-state index contributed by atoms with van der Waals surface area (Å²) in [6.07, 6.45) is -8.50. The fourth-order valence-corrected chi connectivity index (χ4v) is 0.633. The van der Waals surface area contributed by atoms with Gasteiger partial charge in [-0.25, -0.2) is 13.2 Å². The number of hydrogen-bond acceptors (Lipinski definition) is 1. The van der Waals surface area contributed by atoms with Crippen molar-refractivity contribution in [3.05, 3.63) is 0 Å². The molecule has 0 saturated carbocycles. The third-order valence-corrected chi connectivity index (χ3v) is 1.42. The molecule has 0 aliphatic rings. The Morgan fingerprint density at radius 1 is 1.07 bits per heavy atom. The quantitative estimate of drug-likeness (QED) is 0.457. The van der Waals surface area contributed by atoms with Gasteiger partial charge in [0.2, 0.25) is 6.30 Å². The molecular formula is C5H5F7N2S. The van der Waals surface area contributed by atoms with Gasteiger partial charge in [0.25, 0.3) is 0 Å². The summed E-state index contributed by atoms with van der Waals surface area (Å²) in [6, 6.07) is 0. The molecule has 0 aromatic carbocycles. The van der Waals surface area contributed by atoms with E-state index in [4.69, 9.17) is 0 Å². The van der Waals surface area contributed by atoms with Gasteiger partial charge in [-0.3, -0.25) is 0 Å². The smallest absolute Gasteiger partial charge is 0.374 e. The molecule has 0 amide bonds. The fourth-order valence-electron chi connectivity index (χ4n) is 0.530. The van der Waals surface area contributed by atoms with Crippen LogP contribution in [0.15, 0.2) is 0 Å². The van der Waals surface area contributed by atoms with Gasteiger partial charge in [0.15, 0.2) is 5.11 Å². The summed E-state index contributed by atoms with van der Waals surface area (Å²) in [5.74, 6) is -11.4. The Balaban J connectivity index is 4.87. The lowest BCUT2D eigenvalue weighted by molar-refractivity contribution is -0.286. The summed E-state index contributed by atoms with van der Waals surface area (Å²) in [5.41, 5.74) is 4.52. The second-order valence-electron chi connectivity index (χ2n) is 2.42. The highest BCUT2D eigenvalue weighted by Gasteiger charge is 2.67. The number of rotatable bonds is 4. The van der Waals surface area contributed by atoms with Crippen LogP contribution >= 0.6 is 12.2 Å². The minimum absolute atomic E-state index is 0.923. The molecule has 10 heteroatoms. The molecule has 0 bridgehead atoms. The maximum atomic E-state index is 12.4. The average Bonchev–Trinajstić information content (AvgIpc) is 2.01. The largest absolute Gasteiger partial charge is 0.376 e. The molecule has 0 aromatic rings. The van der Waals surface area contributed by atoms with Crippen molar-refractivity contribution in [2.45, 2.75) is 24.6 Å². The summed E-state index contributed by atoms with van der Waals surface area (Å²) >= 11 is 3.89. The van der Waals surface area contributed by atoms with Gasteiger partial charge in [0.1, 0.15) is 0 Å². The highest BCUT2D eigenvalue weighted by Crippen LogP contribution is 2.41. The van der Waals surface area contributed by atoms with Crippen molar-refractivity contribution in [1.29, 1.82) is 0 Å². The Kier molecular flexibility index (Phi) is 4.14. The van der Waals surface area contributed by atoms with Crippen LogP contribution in [0.1, 0.15) is 0 Å². The number of nitrogens with one attached hydrogen (secondary N) is 1. The van der Waals surface area contributed by atoms with E-state index in [9.17, 15) is 30.7 Å². The third kappa shape index (κ3) is 2.83. The van der Waals surface area contributed by atoms with E-state index in [-0.39, 0.29) is 0 Å². The number of halogens is 7. The average molecular weight is 258 g/mol. The normalized spacial score (nSPS) is 15.2. The molecule has 0 heterocycles. The summed E-state index contributed by atoms with van der Waals surface area (Å²) in [6.45, 7) is 0. The summed E-state index contributed by atoms with van der Waals surface area (Å²) in [5, 5.41) is -0.126. The molecular weight excluding hydrogens is 253 g/mol. The van der Waals surface area contributed by atoms with Crippen LogP contribution in [0.2, 0.25) is 0 Å². The third-order valence-electron chi connectivity index (χ3n) is 1.31. The maximum absolute atomic E-state index is 12.4. The molecule has 0 aliphatic heterocycles. The van der Waals surface area contributed by atoms with E-state index in [0.29, 0.717) is 0 Å². The SMILES string of the molecule is NC(=S)NC(F)C(F)(F)C(F)(F)C(F)F. The van der Waals surface area contributed by atoms with Gasteiger partial charge in [-0.15, -0.1) is 0 Å². The first kappa shape index (κ1) is 14.2. The van der Waals surface area contributed by atoms with Gasteiger partial charge in [0, 0.05) is 0 Å². The zero-order chi connectivity index (χ0) is 12.4. The fraction of sp³-hybridized carbons (Fsp3) is 0.800. The highest BCUT2D eigenvalue weighted by molar-refractivity contribution is 7.80. The first-order valence-corrected chi connectivity index (χ1v) is 3.68. The first-order chi connectivity index (χ1) is 6.53. The predicted octanol–water partition coefficient (Wildman–Crippen LogP) is 1.65. The summed E-state index contributed by atoms with van der Waals surface area (Å²) < 4.78 is 84.6. The van der Waals surface area contributed by atoms with E-state index in [1.807, 2.05) is 0 Å². The second-order valence-corrected chi connectivity index (χ2v) is 2.86. The van der Waals surface area contributed by atoms with Crippen molar-refractivity contribution < 1.29 is 30.7 Å². The van der Waals surface area contributed by atoms with Crippen molar-refractivity contribution in [2.75, 3.05) is 0 Å². The number of nitrogens with two attached hydrogens (primary N) is 1. The van der Waals surface area contributed by atoms with Crippen molar-refractivity contribution in [2.24, 2.45) is 5.73 Å². The predicted molar refractivity (Wildman–Crippen MR) is 40.7 cm³/mol. The minimum atomic E-state index is -5.82. The van der Waals surface area contributed by atoms with Crippen LogP contribution in [0.4, 0.5) is 30.7 Å². The molecule has 15 heavy (non-hydrogen) atoms. The van der Waals surface area contributed by atoms with Crippen LogP contribution in [-0.4, -0.2) is 29.7 Å². The van der Waals surface area contributed by atoms with Crippen LogP contribution in [0.3, 0.4) is 0 Å². The van der Waals surface area contributed by atoms with Crippen LogP contribution in [0.5, 0.6) is 0 Å². The topological polar surface area (TPSA) is 38.0 Å². The minimum Gasteiger partial charge on any atom is -0.376 e. The highest BCUT2D eigenvalue weighted by atomic mass is 32.1. The van der Waals surface area contributed by atoms with E-state index in [1.54, 1.807) is 0 Å². The number of hydrogen-bond donors (Lipinski definition) is 2. The van der Waals surface area contributed by atoms with Gasteiger partial charge in [-0.05, 0) is 12.2 Å². The standard InChI is InChI=1S/C5H5F7N2S/c6-1(7)4(9,10)5(11,12)2(8)14-3(13)15/h1-2H,(H3,13,14,15). The van der Waals surface area contributed by atoms with Crippen LogP contribution in [0, 0.1) is 0 Å². The Morgan fingerprint density at radius 3 is 1.73 bits per heavy atom. The van der Waals surface area contributed by atoms with Crippen LogP contribution in [0.25, 0.3) is 0 Å². The molecule has 0 radical (unpaired) electrons. The van der Waals surface area contributed by atoms with E-state index in [0.717, 1.165) is 5.32 Å². The Morgan fingerprint density at radius 2 is 1.47 bits per heavy atom. The van der Waals surface area contributed by atoms with Gasteiger partial charge in [0.05, 0.1) is 0 Å². The molecule has 0 spiro atoms. The Labute approximate surface area is 84.6 Å². The van der Waals surface area contributed by atoms with Gasteiger partial charge in [-0.2, -0.15) is 17.6 Å². The van der Waals surface area contributed by atoms with Crippen LogP contribution < -0.4 is 11.1 Å². The van der Waals surface area contributed by atoms with Crippen molar-refractivity contribution in [3.63, 3.8) is 0 Å². The van der Waals surface area contributed by atoms with E-state index in [1.165, 1.54) is 0 Å². The van der Waals surface area contributed by atoms with E-state index in [2.05, 4.69) is 18.0 Å². The molecule has 2 nitrogen and oxygen atoms in total. The van der Waals surface area contributed by atoms with Crippen LogP contribution in [-0.2, 0) is 0 Å². The number of thiocarbonyl (C=S) groups is 1. The van der Waals surface area contributed by atoms with E-state index >= 15 is 0 Å². The molecule has 0 rings (SSSR count). The lowest BCUT2D eigenvalue weighted by atomic mass is 10.1. The van der Waals surface area contributed by atoms with Gasteiger partial charge < -0.3 is 11.1 Å².